The zero-order valence-corrected chi connectivity index (χ0v) is 10.6. The summed E-state index contributed by atoms with van der Waals surface area (Å²) >= 11 is 0. The molecule has 2 rings (SSSR count). The normalized spacial score (nSPS) is 10.1. The van der Waals surface area contributed by atoms with Gasteiger partial charge in [-0.05, 0) is 35.9 Å². The smallest absolute Gasteiger partial charge is 0.153 e. The van der Waals surface area contributed by atoms with Crippen LogP contribution in [-0.4, -0.2) is 20.5 Å². The highest BCUT2D eigenvalue weighted by Gasteiger charge is 2.10. The minimum atomic E-state index is -0.541. The molecule has 0 heterocycles. The van der Waals surface area contributed by atoms with E-state index in [1.165, 1.54) is 12.1 Å². The van der Waals surface area contributed by atoms with Crippen LogP contribution in [0.15, 0.2) is 36.4 Å². The molecule has 0 radical (unpaired) electrons. The first kappa shape index (κ1) is 13.1. The molecule has 0 fully saturated rings. The summed E-state index contributed by atoms with van der Waals surface area (Å²) in [5, 5.41) is 0. The van der Waals surface area contributed by atoms with Crippen LogP contribution >= 0.6 is 0 Å². The van der Waals surface area contributed by atoms with Crippen molar-refractivity contribution in [2.75, 3.05) is 14.2 Å². The Labute approximate surface area is 110 Å². The molecule has 0 amide bonds. The maximum absolute atomic E-state index is 13.3. The maximum atomic E-state index is 13.3. The quantitative estimate of drug-likeness (QED) is 0.791. The molecular weight excluding hydrogens is 247 g/mol. The molecule has 2 aromatic rings. The second-order valence-corrected chi connectivity index (χ2v) is 3.92. The first-order valence-corrected chi connectivity index (χ1v) is 5.66. The Balaban J connectivity index is 2.59. The lowest BCUT2D eigenvalue weighted by atomic mass is 10.0. The molecule has 0 aromatic heterocycles. The van der Waals surface area contributed by atoms with Gasteiger partial charge in [-0.3, -0.25) is 4.79 Å². The van der Waals surface area contributed by atoms with Crippen LogP contribution in [0, 0.1) is 5.82 Å². The van der Waals surface area contributed by atoms with E-state index in [0.29, 0.717) is 23.3 Å². The summed E-state index contributed by atoms with van der Waals surface area (Å²) in [5.74, 6) is 0.748. The summed E-state index contributed by atoms with van der Waals surface area (Å²) < 4.78 is 23.7. The Kier molecular flexibility index (Phi) is 3.80. The van der Waals surface area contributed by atoms with E-state index < -0.39 is 5.82 Å². The standard InChI is InChI=1S/C15H13FO3/c1-18-12-4-6-15(19-2)13(8-12)10-3-5-14(16)11(7-10)9-17/h3-9H,1-2H3. The molecule has 0 spiro atoms. The molecule has 2 aromatic carbocycles. The molecule has 98 valence electrons. The van der Waals surface area contributed by atoms with Crippen molar-refractivity contribution in [2.45, 2.75) is 0 Å². The van der Waals surface area contributed by atoms with Crippen LogP contribution in [0.4, 0.5) is 4.39 Å². The van der Waals surface area contributed by atoms with Gasteiger partial charge in [-0.2, -0.15) is 0 Å². The molecule has 0 saturated heterocycles. The summed E-state index contributed by atoms with van der Waals surface area (Å²) in [7, 11) is 3.11. The van der Waals surface area contributed by atoms with Crippen molar-refractivity contribution in [1.29, 1.82) is 0 Å². The Morgan fingerprint density at radius 1 is 1.05 bits per heavy atom. The molecule has 0 atom stereocenters. The van der Waals surface area contributed by atoms with E-state index in [1.54, 1.807) is 38.5 Å². The van der Waals surface area contributed by atoms with Gasteiger partial charge in [0, 0.05) is 5.56 Å². The average Bonchev–Trinajstić information content (AvgIpc) is 2.47. The fourth-order valence-electron chi connectivity index (χ4n) is 1.84. The monoisotopic (exact) mass is 260 g/mol. The lowest BCUT2D eigenvalue weighted by Crippen LogP contribution is -1.93. The van der Waals surface area contributed by atoms with Crippen LogP contribution in [0.1, 0.15) is 10.4 Å². The van der Waals surface area contributed by atoms with Gasteiger partial charge in [0.2, 0.25) is 0 Å². The zero-order valence-electron chi connectivity index (χ0n) is 10.6. The predicted octanol–water partition coefficient (Wildman–Crippen LogP) is 3.32. The third-order valence-electron chi connectivity index (χ3n) is 2.84. The fourth-order valence-corrected chi connectivity index (χ4v) is 1.84. The van der Waals surface area contributed by atoms with E-state index in [2.05, 4.69) is 0 Å². The topological polar surface area (TPSA) is 35.5 Å². The first-order chi connectivity index (χ1) is 9.19. The van der Waals surface area contributed by atoms with Crippen LogP contribution in [0.5, 0.6) is 11.5 Å². The number of carbonyl (C=O) groups is 1. The van der Waals surface area contributed by atoms with Crippen molar-refractivity contribution < 1.29 is 18.7 Å². The molecule has 19 heavy (non-hydrogen) atoms. The van der Waals surface area contributed by atoms with Crippen molar-refractivity contribution >= 4 is 6.29 Å². The highest BCUT2D eigenvalue weighted by Crippen LogP contribution is 2.33. The largest absolute Gasteiger partial charge is 0.497 e. The molecule has 4 heteroatoms. The Morgan fingerprint density at radius 2 is 1.84 bits per heavy atom. The lowest BCUT2D eigenvalue weighted by Gasteiger charge is -2.11. The van der Waals surface area contributed by atoms with Gasteiger partial charge in [0.25, 0.3) is 0 Å². The Hall–Kier alpha value is -2.36. The van der Waals surface area contributed by atoms with Gasteiger partial charge in [0.05, 0.1) is 19.8 Å². The number of methoxy groups -OCH3 is 2. The first-order valence-electron chi connectivity index (χ1n) is 5.66. The molecule has 0 aliphatic rings. The SMILES string of the molecule is COc1ccc(OC)c(-c2ccc(F)c(C=O)c2)c1. The second-order valence-electron chi connectivity index (χ2n) is 3.92. The molecule has 0 aliphatic heterocycles. The van der Waals surface area contributed by atoms with Crippen molar-refractivity contribution in [1.82, 2.24) is 0 Å². The number of carbonyl (C=O) groups excluding carboxylic acids is 1. The number of halogens is 1. The number of benzene rings is 2. The lowest BCUT2D eigenvalue weighted by molar-refractivity contribution is 0.112. The summed E-state index contributed by atoms with van der Waals surface area (Å²) in [5.41, 5.74) is 1.45. The van der Waals surface area contributed by atoms with Crippen LogP contribution < -0.4 is 9.47 Å². The van der Waals surface area contributed by atoms with Crippen LogP contribution in [-0.2, 0) is 0 Å². The summed E-state index contributed by atoms with van der Waals surface area (Å²) in [6.45, 7) is 0. The van der Waals surface area contributed by atoms with E-state index in [1.807, 2.05) is 0 Å². The van der Waals surface area contributed by atoms with Gasteiger partial charge in [0.15, 0.2) is 6.29 Å². The van der Waals surface area contributed by atoms with Gasteiger partial charge < -0.3 is 9.47 Å². The molecule has 0 aliphatic carbocycles. The summed E-state index contributed by atoms with van der Waals surface area (Å²) in [6, 6.07) is 9.66. The minimum Gasteiger partial charge on any atom is -0.497 e. The van der Waals surface area contributed by atoms with Crippen molar-refractivity contribution in [3.63, 3.8) is 0 Å². The Bertz CT molecular complexity index is 608. The second kappa shape index (κ2) is 5.52. The molecular formula is C15H13FO3. The van der Waals surface area contributed by atoms with Gasteiger partial charge >= 0.3 is 0 Å². The van der Waals surface area contributed by atoms with E-state index >= 15 is 0 Å². The molecule has 0 unspecified atom stereocenters. The van der Waals surface area contributed by atoms with Gasteiger partial charge in [-0.25, -0.2) is 4.39 Å². The van der Waals surface area contributed by atoms with Gasteiger partial charge in [-0.1, -0.05) is 6.07 Å². The van der Waals surface area contributed by atoms with Crippen molar-refractivity contribution in [3.8, 4) is 22.6 Å². The van der Waals surface area contributed by atoms with Crippen LogP contribution in [0.25, 0.3) is 11.1 Å². The number of hydrogen-bond donors (Lipinski definition) is 0. The third kappa shape index (κ3) is 2.57. The predicted molar refractivity (Wildman–Crippen MR) is 70.3 cm³/mol. The van der Waals surface area contributed by atoms with E-state index in [9.17, 15) is 9.18 Å². The third-order valence-corrected chi connectivity index (χ3v) is 2.84. The fraction of sp³-hybridized carbons (Fsp3) is 0.133. The molecule has 0 bridgehead atoms. The number of ether oxygens (including phenoxy) is 2. The summed E-state index contributed by atoms with van der Waals surface area (Å²) in [6.07, 6.45) is 0.492. The van der Waals surface area contributed by atoms with Crippen molar-refractivity contribution in [3.05, 3.63) is 47.8 Å². The highest BCUT2D eigenvalue weighted by atomic mass is 19.1. The van der Waals surface area contributed by atoms with E-state index in [-0.39, 0.29) is 5.56 Å². The van der Waals surface area contributed by atoms with Crippen LogP contribution in [0.2, 0.25) is 0 Å². The van der Waals surface area contributed by atoms with Crippen LogP contribution in [0.3, 0.4) is 0 Å². The molecule has 3 nitrogen and oxygen atoms in total. The van der Waals surface area contributed by atoms with E-state index in [4.69, 9.17) is 9.47 Å². The molecule has 0 saturated carbocycles. The number of aldehydes is 1. The van der Waals surface area contributed by atoms with E-state index in [0.717, 1.165) is 5.56 Å². The Morgan fingerprint density at radius 3 is 2.47 bits per heavy atom. The highest BCUT2D eigenvalue weighted by molar-refractivity contribution is 5.81. The molecule has 0 N–H and O–H groups in total. The maximum Gasteiger partial charge on any atom is 0.153 e. The zero-order chi connectivity index (χ0) is 13.8. The van der Waals surface area contributed by atoms with Crippen molar-refractivity contribution in [2.24, 2.45) is 0 Å². The minimum absolute atomic E-state index is 0.0161. The summed E-state index contributed by atoms with van der Waals surface area (Å²) in [4.78, 5) is 10.8. The number of rotatable bonds is 4. The average molecular weight is 260 g/mol. The van der Waals surface area contributed by atoms with Gasteiger partial charge in [-0.15, -0.1) is 0 Å². The number of hydrogen-bond acceptors (Lipinski definition) is 3. The van der Waals surface area contributed by atoms with Gasteiger partial charge in [0.1, 0.15) is 17.3 Å².